The molecule has 0 radical (unpaired) electrons. The maximum atomic E-state index is 4.32. The van der Waals surface area contributed by atoms with Gasteiger partial charge in [-0.05, 0) is 57.2 Å². The molecule has 22 heavy (non-hydrogen) atoms. The summed E-state index contributed by atoms with van der Waals surface area (Å²) in [5, 5.41) is 4.32. The van der Waals surface area contributed by atoms with Crippen molar-refractivity contribution < 1.29 is 0 Å². The lowest BCUT2D eigenvalue weighted by Gasteiger charge is -2.47. The second-order valence-electron chi connectivity index (χ2n) is 7.73. The first kappa shape index (κ1) is 16.0. The van der Waals surface area contributed by atoms with E-state index >= 15 is 0 Å². The van der Waals surface area contributed by atoms with E-state index in [4.69, 9.17) is 0 Å². The minimum absolute atomic E-state index is 0.796. The number of likely N-dealkylation sites (tertiary alicyclic amines) is 2. The second-order valence-corrected chi connectivity index (χ2v) is 7.73. The van der Waals surface area contributed by atoms with Gasteiger partial charge in [0, 0.05) is 37.9 Å². The number of piperidine rings is 2. The number of rotatable bonds is 5. The molecule has 2 atom stereocenters. The van der Waals surface area contributed by atoms with E-state index in [9.17, 15) is 0 Å². The number of fused-ring (bicyclic) bond motifs is 1. The van der Waals surface area contributed by atoms with Crippen LogP contribution < -0.4 is 0 Å². The van der Waals surface area contributed by atoms with Crippen LogP contribution in [0.2, 0.25) is 0 Å². The average Bonchev–Trinajstić information content (AvgIpc) is 2.90. The first-order valence-corrected chi connectivity index (χ1v) is 9.05. The van der Waals surface area contributed by atoms with Gasteiger partial charge in [0.1, 0.15) is 0 Å². The Bertz CT molecular complexity index is 467. The lowest BCUT2D eigenvalue weighted by Crippen LogP contribution is -2.53. The van der Waals surface area contributed by atoms with Crippen LogP contribution in [0.1, 0.15) is 45.1 Å². The predicted molar refractivity (Wildman–Crippen MR) is 90.6 cm³/mol. The van der Waals surface area contributed by atoms with E-state index in [0.29, 0.717) is 0 Å². The summed E-state index contributed by atoms with van der Waals surface area (Å²) in [5.41, 5.74) is 1.37. The van der Waals surface area contributed by atoms with E-state index < -0.39 is 0 Å². The van der Waals surface area contributed by atoms with Crippen LogP contribution in [0.4, 0.5) is 0 Å². The van der Waals surface area contributed by atoms with Crippen molar-refractivity contribution in [2.75, 3.05) is 26.2 Å². The van der Waals surface area contributed by atoms with Crippen molar-refractivity contribution in [3.8, 4) is 0 Å². The zero-order chi connectivity index (χ0) is 15.5. The number of nitrogens with zero attached hydrogens (tertiary/aromatic N) is 4. The van der Waals surface area contributed by atoms with E-state index in [2.05, 4.69) is 34.9 Å². The Morgan fingerprint density at radius 1 is 1.27 bits per heavy atom. The lowest BCUT2D eigenvalue weighted by molar-refractivity contribution is 0.0170. The highest BCUT2D eigenvalue weighted by atomic mass is 15.3. The van der Waals surface area contributed by atoms with E-state index in [0.717, 1.165) is 24.4 Å². The molecule has 4 nitrogen and oxygen atoms in total. The molecule has 1 aromatic rings. The van der Waals surface area contributed by atoms with Crippen LogP contribution in [0.15, 0.2) is 12.4 Å². The summed E-state index contributed by atoms with van der Waals surface area (Å²) in [6.45, 7) is 10.9. The highest BCUT2D eigenvalue weighted by Crippen LogP contribution is 2.31. The fraction of sp³-hybridized carbons (Fsp3) is 0.833. The minimum Gasteiger partial charge on any atom is -0.303 e. The van der Waals surface area contributed by atoms with Gasteiger partial charge in [-0.3, -0.25) is 9.58 Å². The van der Waals surface area contributed by atoms with Crippen LogP contribution in [0.25, 0.3) is 0 Å². The van der Waals surface area contributed by atoms with Crippen molar-refractivity contribution in [2.45, 2.75) is 52.1 Å². The van der Waals surface area contributed by atoms with Crippen LogP contribution in [0, 0.1) is 11.8 Å². The Morgan fingerprint density at radius 2 is 2.14 bits per heavy atom. The van der Waals surface area contributed by atoms with Crippen molar-refractivity contribution in [2.24, 2.45) is 18.9 Å². The van der Waals surface area contributed by atoms with Crippen molar-refractivity contribution >= 4 is 0 Å². The number of aromatic nitrogens is 2. The van der Waals surface area contributed by atoms with Crippen LogP contribution >= 0.6 is 0 Å². The Morgan fingerprint density at radius 3 is 2.86 bits per heavy atom. The van der Waals surface area contributed by atoms with Crippen molar-refractivity contribution in [1.82, 2.24) is 19.6 Å². The molecule has 1 aromatic heterocycles. The maximum Gasteiger partial charge on any atom is 0.0534 e. The molecule has 2 fully saturated rings. The van der Waals surface area contributed by atoms with E-state index in [1.54, 1.807) is 0 Å². The van der Waals surface area contributed by atoms with Crippen LogP contribution in [0.5, 0.6) is 0 Å². The number of aryl methyl sites for hydroxylation is 1. The quantitative estimate of drug-likeness (QED) is 0.836. The fourth-order valence-corrected chi connectivity index (χ4v) is 4.21. The first-order chi connectivity index (χ1) is 10.6. The molecule has 4 heteroatoms. The highest BCUT2D eigenvalue weighted by molar-refractivity contribution is 5.05. The molecule has 2 aliphatic heterocycles. The molecule has 0 bridgehead atoms. The summed E-state index contributed by atoms with van der Waals surface area (Å²) in [6, 6.07) is 0.796. The van der Waals surface area contributed by atoms with Crippen molar-refractivity contribution in [3.05, 3.63) is 18.0 Å². The van der Waals surface area contributed by atoms with Crippen LogP contribution in [-0.4, -0.2) is 51.8 Å². The molecule has 3 rings (SSSR count). The normalized spacial score (nSPS) is 27.3. The zero-order valence-electron chi connectivity index (χ0n) is 14.5. The van der Waals surface area contributed by atoms with Gasteiger partial charge in [0.05, 0.1) is 6.20 Å². The molecule has 0 aromatic carbocycles. The van der Waals surface area contributed by atoms with Gasteiger partial charge in [0.25, 0.3) is 0 Å². The van der Waals surface area contributed by atoms with Gasteiger partial charge in [-0.2, -0.15) is 5.10 Å². The first-order valence-electron chi connectivity index (χ1n) is 9.05. The Hall–Kier alpha value is -0.870. The SMILES string of the molecule is CC(C)CCN1CC[C@@H]2[C@H](CCCN2Cc2cnn(C)c2)C1. The highest BCUT2D eigenvalue weighted by Gasteiger charge is 2.35. The van der Waals surface area contributed by atoms with Gasteiger partial charge in [0.2, 0.25) is 0 Å². The molecule has 0 spiro atoms. The molecule has 3 heterocycles. The van der Waals surface area contributed by atoms with Crippen molar-refractivity contribution in [1.29, 1.82) is 0 Å². The molecule has 2 aliphatic rings. The molecule has 0 amide bonds. The molecule has 0 aliphatic carbocycles. The van der Waals surface area contributed by atoms with Gasteiger partial charge in [0.15, 0.2) is 0 Å². The standard InChI is InChI=1S/C18H32N4/c1-15(2)6-9-21-10-7-18-17(14-21)5-4-8-22(18)13-16-11-19-20(3)12-16/h11-12,15,17-18H,4-10,13-14H2,1-3H3/t17-,18-/m1/s1. The third-order valence-electron chi connectivity index (χ3n) is 5.43. The molecular formula is C18H32N4. The van der Waals surface area contributed by atoms with E-state index in [-0.39, 0.29) is 0 Å². The smallest absolute Gasteiger partial charge is 0.0534 e. The molecule has 0 saturated carbocycles. The maximum absolute atomic E-state index is 4.32. The largest absolute Gasteiger partial charge is 0.303 e. The lowest BCUT2D eigenvalue weighted by atomic mass is 9.83. The third kappa shape index (κ3) is 3.90. The molecular weight excluding hydrogens is 272 g/mol. The summed E-state index contributed by atoms with van der Waals surface area (Å²) < 4.78 is 1.92. The summed E-state index contributed by atoms with van der Waals surface area (Å²) in [6.07, 6.45) is 9.68. The topological polar surface area (TPSA) is 24.3 Å². The predicted octanol–water partition coefficient (Wildman–Crippen LogP) is 2.75. The summed E-state index contributed by atoms with van der Waals surface area (Å²) in [4.78, 5) is 5.44. The van der Waals surface area contributed by atoms with Crippen LogP contribution in [0.3, 0.4) is 0 Å². The summed E-state index contributed by atoms with van der Waals surface area (Å²) >= 11 is 0. The number of hydrogen-bond acceptors (Lipinski definition) is 3. The Kier molecular flexibility index (Phi) is 5.19. The molecule has 0 unspecified atom stereocenters. The third-order valence-corrected chi connectivity index (χ3v) is 5.43. The monoisotopic (exact) mass is 304 g/mol. The van der Waals surface area contributed by atoms with Gasteiger partial charge in [-0.25, -0.2) is 0 Å². The zero-order valence-corrected chi connectivity index (χ0v) is 14.5. The van der Waals surface area contributed by atoms with Crippen LogP contribution in [-0.2, 0) is 13.6 Å². The second kappa shape index (κ2) is 7.14. The Labute approximate surface area is 135 Å². The van der Waals surface area contributed by atoms with Gasteiger partial charge in [-0.15, -0.1) is 0 Å². The van der Waals surface area contributed by atoms with Crippen molar-refractivity contribution in [3.63, 3.8) is 0 Å². The summed E-state index contributed by atoms with van der Waals surface area (Å²) in [5.74, 6) is 1.71. The van der Waals surface area contributed by atoms with E-state index in [1.807, 2.05) is 17.9 Å². The average molecular weight is 304 g/mol. The summed E-state index contributed by atoms with van der Waals surface area (Å²) in [7, 11) is 2.01. The number of hydrogen-bond donors (Lipinski definition) is 0. The van der Waals surface area contributed by atoms with E-state index in [1.165, 1.54) is 57.4 Å². The molecule has 0 N–H and O–H groups in total. The molecule has 124 valence electrons. The van der Waals surface area contributed by atoms with Gasteiger partial charge in [-0.1, -0.05) is 13.8 Å². The Balaban J connectivity index is 1.56. The minimum atomic E-state index is 0.796. The van der Waals surface area contributed by atoms with Gasteiger partial charge < -0.3 is 4.90 Å². The molecule has 2 saturated heterocycles. The van der Waals surface area contributed by atoms with Gasteiger partial charge >= 0.3 is 0 Å². The fourth-order valence-electron chi connectivity index (χ4n) is 4.21.